The zero-order chi connectivity index (χ0) is 38.3. The van der Waals surface area contributed by atoms with Crippen molar-refractivity contribution in [3.8, 4) is 0 Å². The van der Waals surface area contributed by atoms with Crippen molar-refractivity contribution >= 4 is 77.9 Å². The number of imidazole rings is 2. The molecule has 0 radical (unpaired) electrons. The Kier molecular flexibility index (Phi) is 8.83. The van der Waals surface area contributed by atoms with Crippen LogP contribution in [0.1, 0.15) is 22.3 Å². The van der Waals surface area contributed by atoms with Gasteiger partial charge in [0, 0.05) is 19.7 Å². The number of carbonyl (C=O) groups excluding carboxylic acids is 2. The molecule has 0 fully saturated rings. The Bertz CT molecular complexity index is 2670. The van der Waals surface area contributed by atoms with Gasteiger partial charge in [-0.25, -0.2) is 18.7 Å². The number of aryl methyl sites for hydroxylation is 1. The number of anilines is 2. The van der Waals surface area contributed by atoms with E-state index in [1.54, 1.807) is 17.7 Å². The molecule has 14 nitrogen and oxygen atoms in total. The number of halogens is 7. The summed E-state index contributed by atoms with van der Waals surface area (Å²) in [5.41, 5.74) is -0.0388. The normalized spacial score (nSPS) is 14.0. The molecule has 274 valence electrons. The molecule has 6 aromatic rings. The zero-order valence-electron chi connectivity index (χ0n) is 27.5. The molecular weight excluding hydrogens is 843 g/mol. The van der Waals surface area contributed by atoms with Gasteiger partial charge in [0.2, 0.25) is 23.7 Å². The lowest BCUT2D eigenvalue weighted by Gasteiger charge is -2.12. The standard InChI is InChI=1S/C16H10BrF4N5O2.C16H13BrFN5O2/c1-24-10(27)6-26-13(28)11-12(23-15(24)26)25(14(17)22-11)5-7-4-8(16(19,20)21)2-3-9(7)18;1-8-3-4-10(18)5-9(8)6-22-12-13(19-15(22)17)20-16-21(2)11(24)7-23(16)14(12)25/h2-4H,5-6H2,1H3;3-5H,6-7H2,1-2H3. The van der Waals surface area contributed by atoms with Crippen LogP contribution in [0.15, 0.2) is 55.5 Å². The minimum atomic E-state index is -4.63. The molecule has 4 aromatic heterocycles. The molecule has 2 aliphatic heterocycles. The SMILES string of the molecule is CN1C(=O)Cn2c1nc1c(nc(Br)n1Cc1cc(C(F)(F)F)ccc1F)c2=O.Cc1ccc(F)cc1Cn1c(Br)nc2nc3n(c(=O)c21)CC(=O)N3C. The molecular formula is C32H23Br2F5N10O4. The number of aromatic nitrogens is 8. The van der Waals surface area contributed by atoms with Gasteiger partial charge >= 0.3 is 6.18 Å². The van der Waals surface area contributed by atoms with E-state index in [4.69, 9.17) is 0 Å². The third-order valence-electron chi connectivity index (χ3n) is 8.86. The predicted molar refractivity (Wildman–Crippen MR) is 187 cm³/mol. The zero-order valence-corrected chi connectivity index (χ0v) is 30.7. The summed E-state index contributed by atoms with van der Waals surface area (Å²) < 4.78 is 72.5. The monoisotopic (exact) mass is 864 g/mol. The molecule has 6 heterocycles. The van der Waals surface area contributed by atoms with Crippen molar-refractivity contribution in [2.24, 2.45) is 0 Å². The highest BCUT2D eigenvalue weighted by Gasteiger charge is 2.33. The van der Waals surface area contributed by atoms with Crippen LogP contribution in [0.25, 0.3) is 22.3 Å². The largest absolute Gasteiger partial charge is 0.416 e. The first kappa shape index (κ1) is 36.1. The number of carbonyl (C=O) groups is 2. The second kappa shape index (κ2) is 13.0. The van der Waals surface area contributed by atoms with E-state index < -0.39 is 23.1 Å². The van der Waals surface area contributed by atoms with Gasteiger partial charge in [0.15, 0.2) is 31.8 Å². The van der Waals surface area contributed by atoms with Gasteiger partial charge in [-0.3, -0.25) is 42.7 Å². The van der Waals surface area contributed by atoms with Gasteiger partial charge in [-0.05, 0) is 80.2 Å². The fourth-order valence-electron chi connectivity index (χ4n) is 5.94. The van der Waals surface area contributed by atoms with Gasteiger partial charge in [-0.15, -0.1) is 0 Å². The highest BCUT2D eigenvalue weighted by Crippen LogP contribution is 2.32. The van der Waals surface area contributed by atoms with E-state index in [1.165, 1.54) is 38.1 Å². The first-order valence-electron chi connectivity index (χ1n) is 15.4. The summed E-state index contributed by atoms with van der Waals surface area (Å²) in [4.78, 5) is 68.6. The number of amides is 2. The Morgan fingerprint density at radius 2 is 1.34 bits per heavy atom. The van der Waals surface area contributed by atoms with E-state index >= 15 is 0 Å². The summed E-state index contributed by atoms with van der Waals surface area (Å²) >= 11 is 6.49. The highest BCUT2D eigenvalue weighted by molar-refractivity contribution is 9.10. The molecule has 0 bridgehead atoms. The van der Waals surface area contributed by atoms with Crippen LogP contribution >= 0.6 is 31.9 Å². The molecule has 0 aliphatic carbocycles. The number of nitrogens with zero attached hydrogens (tertiary/aromatic N) is 10. The van der Waals surface area contributed by atoms with Crippen LogP contribution in [0.4, 0.5) is 33.8 Å². The van der Waals surface area contributed by atoms with E-state index in [0.717, 1.165) is 21.8 Å². The Balaban J connectivity index is 0.000000165. The molecule has 2 amide bonds. The summed E-state index contributed by atoms with van der Waals surface area (Å²) in [5.74, 6) is -1.37. The Hall–Kier alpha value is -5.31. The van der Waals surface area contributed by atoms with Crippen LogP contribution in [0.3, 0.4) is 0 Å². The van der Waals surface area contributed by atoms with E-state index in [2.05, 4.69) is 51.8 Å². The molecule has 53 heavy (non-hydrogen) atoms. The number of rotatable bonds is 4. The highest BCUT2D eigenvalue weighted by atomic mass is 79.9. The molecule has 21 heteroatoms. The first-order valence-corrected chi connectivity index (χ1v) is 17.0. The van der Waals surface area contributed by atoms with Crippen LogP contribution in [0.2, 0.25) is 0 Å². The summed E-state index contributed by atoms with van der Waals surface area (Å²) in [6.45, 7) is 1.56. The van der Waals surface area contributed by atoms with Crippen molar-refractivity contribution in [1.29, 1.82) is 0 Å². The maximum Gasteiger partial charge on any atom is 0.416 e. The third-order valence-corrected chi connectivity index (χ3v) is 10.1. The van der Waals surface area contributed by atoms with E-state index in [9.17, 15) is 41.1 Å². The van der Waals surface area contributed by atoms with Gasteiger partial charge in [0.05, 0.1) is 18.7 Å². The van der Waals surface area contributed by atoms with Gasteiger partial charge in [-0.1, -0.05) is 6.07 Å². The second-order valence-electron chi connectivity index (χ2n) is 12.2. The average Bonchev–Trinajstić information content (AvgIpc) is 3.78. The van der Waals surface area contributed by atoms with E-state index in [0.29, 0.717) is 16.9 Å². The molecule has 0 atom stereocenters. The number of hydrogen-bond acceptors (Lipinski definition) is 8. The van der Waals surface area contributed by atoms with Crippen molar-refractivity contribution in [2.75, 3.05) is 23.9 Å². The van der Waals surface area contributed by atoms with Crippen LogP contribution in [0, 0.1) is 18.6 Å². The van der Waals surface area contributed by atoms with Crippen molar-refractivity contribution in [3.05, 3.63) is 100 Å². The summed E-state index contributed by atoms with van der Waals surface area (Å²) in [7, 11) is 3.02. The smallest absolute Gasteiger partial charge is 0.308 e. The molecule has 0 N–H and O–H groups in total. The Morgan fingerprint density at radius 1 is 0.736 bits per heavy atom. The molecule has 2 aromatic carbocycles. The number of fused-ring (bicyclic) bond motifs is 4. The minimum Gasteiger partial charge on any atom is -0.308 e. The lowest BCUT2D eigenvalue weighted by Crippen LogP contribution is -2.22. The average molecular weight is 866 g/mol. The number of benzene rings is 2. The molecule has 0 saturated heterocycles. The summed E-state index contributed by atoms with van der Waals surface area (Å²) in [6.07, 6.45) is -4.63. The van der Waals surface area contributed by atoms with Crippen LogP contribution < -0.4 is 20.9 Å². The number of likely N-dealkylation sites (N-methyl/N-ethyl adjacent to an activating group) is 2. The lowest BCUT2D eigenvalue weighted by atomic mass is 10.1. The van der Waals surface area contributed by atoms with Crippen molar-refractivity contribution in [1.82, 2.24) is 38.2 Å². The van der Waals surface area contributed by atoms with Gasteiger partial charge in [0.1, 0.15) is 24.7 Å². The van der Waals surface area contributed by atoms with Gasteiger partial charge < -0.3 is 4.57 Å². The Labute approximate surface area is 310 Å². The van der Waals surface area contributed by atoms with Crippen molar-refractivity contribution in [2.45, 2.75) is 39.3 Å². The maximum absolute atomic E-state index is 14.1. The molecule has 2 aliphatic rings. The van der Waals surface area contributed by atoms with Crippen LogP contribution in [0.5, 0.6) is 0 Å². The summed E-state index contributed by atoms with van der Waals surface area (Å²) in [6, 6.07) is 6.60. The minimum absolute atomic E-state index is 0.0292. The second-order valence-corrected chi connectivity index (χ2v) is 13.6. The van der Waals surface area contributed by atoms with Gasteiger partial charge in [0.25, 0.3) is 11.1 Å². The number of alkyl halides is 3. The van der Waals surface area contributed by atoms with E-state index in [1.807, 2.05) is 6.92 Å². The molecule has 0 unspecified atom stereocenters. The molecule has 0 saturated carbocycles. The van der Waals surface area contributed by atoms with Gasteiger partial charge in [-0.2, -0.15) is 23.1 Å². The first-order chi connectivity index (χ1) is 24.9. The lowest BCUT2D eigenvalue weighted by molar-refractivity contribution is -0.137. The van der Waals surface area contributed by atoms with Crippen molar-refractivity contribution < 1.29 is 31.5 Å². The maximum atomic E-state index is 14.1. The van der Waals surface area contributed by atoms with Crippen molar-refractivity contribution in [3.63, 3.8) is 0 Å². The molecule has 0 spiro atoms. The van der Waals surface area contributed by atoms with Crippen LogP contribution in [-0.4, -0.2) is 64.1 Å². The topological polar surface area (TPSA) is 146 Å². The fourth-order valence-corrected chi connectivity index (χ4v) is 6.88. The quantitative estimate of drug-likeness (QED) is 0.188. The predicted octanol–water partition coefficient (Wildman–Crippen LogP) is 4.37. The Morgan fingerprint density at radius 3 is 2.00 bits per heavy atom. The number of hydrogen-bond donors (Lipinski definition) is 0. The van der Waals surface area contributed by atoms with Crippen LogP contribution in [-0.2, 0) is 41.9 Å². The third kappa shape index (κ3) is 6.19. The molecule has 8 rings (SSSR count). The summed E-state index contributed by atoms with van der Waals surface area (Å²) in [5, 5.41) is 0. The fraction of sp³-hybridized carbons (Fsp3) is 0.250. The van der Waals surface area contributed by atoms with E-state index in [-0.39, 0.29) is 93.9 Å².